The van der Waals surface area contributed by atoms with Gasteiger partial charge in [-0.15, -0.1) is 0 Å². The van der Waals surface area contributed by atoms with Crippen LogP contribution >= 0.6 is 0 Å². The largest absolute Gasteiger partial charge is 0.397 e. The second-order valence-corrected chi connectivity index (χ2v) is 5.18. The van der Waals surface area contributed by atoms with Crippen LogP contribution in [0.5, 0.6) is 0 Å². The Morgan fingerprint density at radius 2 is 2.12 bits per heavy atom. The summed E-state index contributed by atoms with van der Waals surface area (Å²) in [7, 11) is 1.79. The Hall–Kier alpha value is -1.58. The molecule has 0 aliphatic heterocycles. The number of carbonyl (C=O) groups is 1. The van der Waals surface area contributed by atoms with E-state index in [2.05, 4.69) is 25.8 Å². The number of pyridine rings is 1. The smallest absolute Gasteiger partial charge is 0.255 e. The highest BCUT2D eigenvalue weighted by Crippen LogP contribution is 2.17. The van der Waals surface area contributed by atoms with Crippen molar-refractivity contribution in [3.63, 3.8) is 0 Å². The van der Waals surface area contributed by atoms with Crippen molar-refractivity contribution in [1.29, 1.82) is 0 Å². The van der Waals surface area contributed by atoms with E-state index >= 15 is 0 Å². The zero-order valence-corrected chi connectivity index (χ0v) is 10.3. The van der Waals surface area contributed by atoms with E-state index in [1.165, 1.54) is 6.20 Å². The van der Waals surface area contributed by atoms with Crippen molar-refractivity contribution in [2.75, 3.05) is 19.3 Å². The number of hydrogen-bond acceptors (Lipinski definition) is 3. The summed E-state index contributed by atoms with van der Waals surface area (Å²) < 4.78 is 0. The Labute approximate surface area is 96.5 Å². The third kappa shape index (κ3) is 3.22. The molecule has 4 nitrogen and oxygen atoms in total. The summed E-state index contributed by atoms with van der Waals surface area (Å²) in [6.07, 6.45) is 3.08. The first kappa shape index (κ1) is 12.5. The van der Waals surface area contributed by atoms with E-state index in [-0.39, 0.29) is 11.3 Å². The van der Waals surface area contributed by atoms with Gasteiger partial charge < -0.3 is 10.6 Å². The summed E-state index contributed by atoms with van der Waals surface area (Å²) in [5, 5.41) is 0. The van der Waals surface area contributed by atoms with Gasteiger partial charge in [-0.3, -0.25) is 9.78 Å². The van der Waals surface area contributed by atoms with Crippen molar-refractivity contribution in [2.24, 2.45) is 5.41 Å². The fourth-order valence-corrected chi connectivity index (χ4v) is 1.59. The van der Waals surface area contributed by atoms with E-state index in [1.54, 1.807) is 24.2 Å². The van der Waals surface area contributed by atoms with Crippen molar-refractivity contribution in [3.05, 3.63) is 24.0 Å². The van der Waals surface area contributed by atoms with Gasteiger partial charge in [0.2, 0.25) is 0 Å². The van der Waals surface area contributed by atoms with Gasteiger partial charge in [-0.25, -0.2) is 0 Å². The van der Waals surface area contributed by atoms with Crippen LogP contribution in [0, 0.1) is 5.41 Å². The molecule has 0 unspecified atom stereocenters. The second-order valence-electron chi connectivity index (χ2n) is 5.18. The second kappa shape index (κ2) is 4.51. The highest BCUT2D eigenvalue weighted by Gasteiger charge is 2.20. The Morgan fingerprint density at radius 3 is 2.62 bits per heavy atom. The zero-order chi connectivity index (χ0) is 12.3. The van der Waals surface area contributed by atoms with Crippen LogP contribution in [-0.4, -0.2) is 29.4 Å². The summed E-state index contributed by atoms with van der Waals surface area (Å²) in [4.78, 5) is 17.6. The molecule has 4 heteroatoms. The minimum absolute atomic E-state index is 0.0603. The Balaban J connectivity index is 2.83. The lowest BCUT2D eigenvalue weighted by Gasteiger charge is -2.26. The first-order valence-electron chi connectivity index (χ1n) is 5.26. The van der Waals surface area contributed by atoms with E-state index in [0.717, 1.165) is 0 Å². The van der Waals surface area contributed by atoms with Crippen LogP contribution in [0.15, 0.2) is 18.5 Å². The van der Waals surface area contributed by atoms with Gasteiger partial charge >= 0.3 is 0 Å². The normalized spacial score (nSPS) is 11.2. The van der Waals surface area contributed by atoms with Crippen molar-refractivity contribution in [1.82, 2.24) is 9.88 Å². The average molecular weight is 221 g/mol. The van der Waals surface area contributed by atoms with Gasteiger partial charge in [-0.1, -0.05) is 20.8 Å². The van der Waals surface area contributed by atoms with Crippen molar-refractivity contribution >= 4 is 11.6 Å². The quantitative estimate of drug-likeness (QED) is 0.828. The average Bonchev–Trinajstić information content (AvgIpc) is 2.15. The molecule has 0 radical (unpaired) electrons. The highest BCUT2D eigenvalue weighted by molar-refractivity contribution is 5.98. The maximum atomic E-state index is 12.1. The molecule has 1 rings (SSSR count). The van der Waals surface area contributed by atoms with Crippen molar-refractivity contribution < 1.29 is 4.79 Å². The summed E-state index contributed by atoms with van der Waals surface area (Å²) >= 11 is 0. The molecule has 1 aromatic heterocycles. The van der Waals surface area contributed by atoms with Gasteiger partial charge in [0.15, 0.2) is 0 Å². The molecule has 0 aliphatic carbocycles. The van der Waals surface area contributed by atoms with Gasteiger partial charge in [-0.05, 0) is 11.5 Å². The summed E-state index contributed by atoms with van der Waals surface area (Å²) in [6.45, 7) is 6.96. The van der Waals surface area contributed by atoms with E-state index in [0.29, 0.717) is 17.8 Å². The van der Waals surface area contributed by atoms with Crippen LogP contribution in [0.1, 0.15) is 31.1 Å². The monoisotopic (exact) mass is 221 g/mol. The van der Waals surface area contributed by atoms with Crippen molar-refractivity contribution in [3.8, 4) is 0 Å². The number of nitrogen functional groups attached to an aromatic ring is 1. The number of nitrogens with zero attached hydrogens (tertiary/aromatic N) is 2. The number of rotatable bonds is 2. The molecular weight excluding hydrogens is 202 g/mol. The van der Waals surface area contributed by atoms with Crippen molar-refractivity contribution in [2.45, 2.75) is 20.8 Å². The lowest BCUT2D eigenvalue weighted by atomic mass is 9.96. The summed E-state index contributed by atoms with van der Waals surface area (Å²) in [5.41, 5.74) is 6.73. The Bertz CT molecular complexity index is 382. The standard InChI is InChI=1S/C12H19N3O/c1-12(2,3)8-15(4)11(16)9-5-6-14-7-10(9)13/h5-7H,8,13H2,1-4H3. The predicted octanol–water partition coefficient (Wildman–Crippen LogP) is 1.78. The summed E-state index contributed by atoms with van der Waals surface area (Å²) in [5.74, 6) is -0.0603. The maximum Gasteiger partial charge on any atom is 0.255 e. The van der Waals surface area contributed by atoms with Gasteiger partial charge in [0.25, 0.3) is 5.91 Å². The van der Waals surface area contributed by atoms with E-state index < -0.39 is 0 Å². The molecule has 0 aliphatic rings. The molecule has 0 fully saturated rings. The lowest BCUT2D eigenvalue weighted by Crippen LogP contribution is -2.34. The number of hydrogen-bond donors (Lipinski definition) is 1. The highest BCUT2D eigenvalue weighted by atomic mass is 16.2. The van der Waals surface area contributed by atoms with Crippen LogP contribution in [0.25, 0.3) is 0 Å². The topological polar surface area (TPSA) is 59.2 Å². The van der Waals surface area contributed by atoms with E-state index in [4.69, 9.17) is 5.73 Å². The third-order valence-electron chi connectivity index (χ3n) is 2.14. The summed E-state index contributed by atoms with van der Waals surface area (Å²) in [6, 6.07) is 1.65. The van der Waals surface area contributed by atoms with Crippen LogP contribution < -0.4 is 5.73 Å². The Kier molecular flexibility index (Phi) is 3.52. The molecule has 1 amide bonds. The van der Waals surface area contributed by atoms with Gasteiger partial charge in [-0.2, -0.15) is 0 Å². The molecule has 1 aromatic rings. The molecule has 0 atom stereocenters. The minimum atomic E-state index is -0.0603. The fourth-order valence-electron chi connectivity index (χ4n) is 1.59. The fraction of sp³-hybridized carbons (Fsp3) is 0.500. The van der Waals surface area contributed by atoms with Gasteiger partial charge in [0.1, 0.15) is 0 Å². The molecule has 16 heavy (non-hydrogen) atoms. The number of amides is 1. The SMILES string of the molecule is CN(CC(C)(C)C)C(=O)c1ccncc1N. The molecule has 0 spiro atoms. The van der Waals surface area contributed by atoms with Crippen LogP contribution in [0.3, 0.4) is 0 Å². The minimum Gasteiger partial charge on any atom is -0.397 e. The van der Waals surface area contributed by atoms with Crippen LogP contribution in [0.2, 0.25) is 0 Å². The molecule has 2 N–H and O–H groups in total. The van der Waals surface area contributed by atoms with Crippen LogP contribution in [-0.2, 0) is 0 Å². The van der Waals surface area contributed by atoms with E-state index in [1.807, 2.05) is 0 Å². The van der Waals surface area contributed by atoms with Crippen LogP contribution in [0.4, 0.5) is 5.69 Å². The number of anilines is 1. The Morgan fingerprint density at radius 1 is 1.50 bits per heavy atom. The van der Waals surface area contributed by atoms with E-state index in [9.17, 15) is 4.79 Å². The molecular formula is C12H19N3O. The molecule has 1 heterocycles. The zero-order valence-electron chi connectivity index (χ0n) is 10.3. The molecule has 0 saturated heterocycles. The molecule has 0 bridgehead atoms. The molecule has 0 saturated carbocycles. The lowest BCUT2D eigenvalue weighted by molar-refractivity contribution is 0.0746. The first-order chi connectivity index (χ1) is 7.31. The van der Waals surface area contributed by atoms with Gasteiger partial charge in [0, 0.05) is 19.8 Å². The molecule has 0 aromatic carbocycles. The number of carbonyl (C=O) groups excluding carboxylic acids is 1. The number of nitrogens with two attached hydrogens (primary N) is 1. The molecule has 88 valence electrons. The predicted molar refractivity (Wildman–Crippen MR) is 65.1 cm³/mol. The van der Waals surface area contributed by atoms with Gasteiger partial charge in [0.05, 0.1) is 17.4 Å². The number of aromatic nitrogens is 1. The maximum absolute atomic E-state index is 12.1. The first-order valence-corrected chi connectivity index (χ1v) is 5.26. The third-order valence-corrected chi connectivity index (χ3v) is 2.14.